The van der Waals surface area contributed by atoms with Gasteiger partial charge in [0.05, 0.1) is 7.11 Å². The van der Waals surface area contributed by atoms with Crippen LogP contribution >= 0.6 is 7.26 Å². The van der Waals surface area contributed by atoms with E-state index in [1.807, 2.05) is 0 Å². The number of fused-ring (bicyclic) bond motifs is 1. The molecule has 0 N–H and O–H groups in total. The summed E-state index contributed by atoms with van der Waals surface area (Å²) in [5.41, 5.74) is 4.11. The van der Waals surface area contributed by atoms with Crippen molar-refractivity contribution in [3.8, 4) is 5.75 Å². The Bertz CT molecular complexity index is 1350. The molecule has 0 radical (unpaired) electrons. The van der Waals surface area contributed by atoms with Crippen LogP contribution in [-0.2, 0) is 0 Å². The first-order chi connectivity index (χ1) is 17.1. The highest BCUT2D eigenvalue weighted by Crippen LogP contribution is 2.66. The molecule has 0 saturated carbocycles. The Hall–Kier alpha value is -3.41. The number of hydrogen-bond acceptors (Lipinski definition) is 1. The van der Waals surface area contributed by atoms with Crippen molar-refractivity contribution in [3.05, 3.63) is 132 Å². The molecule has 0 aromatic heterocycles. The first kappa shape index (κ1) is 23.3. The van der Waals surface area contributed by atoms with E-state index in [9.17, 15) is 0 Å². The number of benzene rings is 5. The molecule has 0 fully saturated rings. The molecular weight excluding hydrogens is 443 g/mol. The maximum absolute atomic E-state index is 5.64. The number of aryl methyl sites for hydroxylation is 2. The van der Waals surface area contributed by atoms with Crippen LogP contribution in [0.1, 0.15) is 29.3 Å². The van der Waals surface area contributed by atoms with Crippen LogP contribution in [0.2, 0.25) is 0 Å². The molecule has 0 aliphatic rings. The van der Waals surface area contributed by atoms with E-state index in [4.69, 9.17) is 4.74 Å². The molecule has 35 heavy (non-hydrogen) atoms. The monoisotopic (exact) mass is 475 g/mol. The Kier molecular flexibility index (Phi) is 6.46. The minimum Gasteiger partial charge on any atom is -0.496 e. The summed E-state index contributed by atoms with van der Waals surface area (Å²) in [6, 6.07) is 42.6. The summed E-state index contributed by atoms with van der Waals surface area (Å²) in [6.45, 7) is 6.76. The largest absolute Gasteiger partial charge is 0.496 e. The predicted octanol–water partition coefficient (Wildman–Crippen LogP) is 7.52. The molecule has 1 unspecified atom stereocenters. The summed E-state index contributed by atoms with van der Waals surface area (Å²) in [4.78, 5) is 0. The molecule has 2 heteroatoms. The highest BCUT2D eigenvalue weighted by molar-refractivity contribution is 7.95. The van der Waals surface area contributed by atoms with E-state index in [1.54, 1.807) is 7.11 Å². The standard InChI is InChI=1S/C33H32OP/c1-24-22-33(34-4)25(2)31-21-20-27(23-32(24)31)26(3)35(28-14-8-5-9-15-28,29-16-10-6-11-17-29)30-18-12-7-13-19-30/h5-23,26H,1-4H3/q+1. The van der Waals surface area contributed by atoms with Crippen LogP contribution in [0.5, 0.6) is 5.75 Å². The third-order valence-corrected chi connectivity index (χ3v) is 12.2. The Morgan fingerprint density at radius 2 is 1.09 bits per heavy atom. The van der Waals surface area contributed by atoms with Crippen molar-refractivity contribution < 1.29 is 4.74 Å². The van der Waals surface area contributed by atoms with Gasteiger partial charge in [-0.1, -0.05) is 66.7 Å². The zero-order chi connectivity index (χ0) is 24.4. The van der Waals surface area contributed by atoms with Gasteiger partial charge in [-0.05, 0) is 96.8 Å². The number of hydrogen-bond donors (Lipinski definition) is 0. The summed E-state index contributed by atoms with van der Waals surface area (Å²) >= 11 is 0. The van der Waals surface area contributed by atoms with Crippen molar-refractivity contribution in [1.29, 1.82) is 0 Å². The van der Waals surface area contributed by atoms with Crippen LogP contribution < -0.4 is 20.7 Å². The summed E-state index contributed by atoms with van der Waals surface area (Å²) in [7, 11) is -0.259. The van der Waals surface area contributed by atoms with Crippen molar-refractivity contribution in [2.24, 2.45) is 0 Å². The highest BCUT2D eigenvalue weighted by Gasteiger charge is 2.50. The quantitative estimate of drug-likeness (QED) is 0.231. The van der Waals surface area contributed by atoms with Gasteiger partial charge in [0.25, 0.3) is 0 Å². The van der Waals surface area contributed by atoms with E-state index in [0.717, 1.165) is 5.75 Å². The molecule has 1 atom stereocenters. The lowest BCUT2D eigenvalue weighted by atomic mass is 9.97. The maximum Gasteiger partial charge on any atom is 0.122 e. The summed E-state index contributed by atoms with van der Waals surface area (Å²) < 4.78 is 5.64. The fraction of sp³-hybridized carbons (Fsp3) is 0.152. The van der Waals surface area contributed by atoms with Gasteiger partial charge in [0.15, 0.2) is 0 Å². The van der Waals surface area contributed by atoms with Crippen molar-refractivity contribution >= 4 is 33.9 Å². The molecule has 1 nitrogen and oxygen atoms in total. The number of methoxy groups -OCH3 is 1. The van der Waals surface area contributed by atoms with Crippen LogP contribution in [0.15, 0.2) is 115 Å². The molecule has 0 heterocycles. The average Bonchev–Trinajstić information content (AvgIpc) is 2.92. The lowest BCUT2D eigenvalue weighted by molar-refractivity contribution is 0.412. The zero-order valence-electron chi connectivity index (χ0n) is 20.9. The normalized spacial score (nSPS) is 12.5. The summed E-state index contributed by atoms with van der Waals surface area (Å²) in [5.74, 6) is 0.954. The maximum atomic E-state index is 5.64. The first-order valence-electron chi connectivity index (χ1n) is 12.2. The number of ether oxygens (including phenoxy) is 1. The van der Waals surface area contributed by atoms with Crippen LogP contribution in [-0.4, -0.2) is 7.11 Å². The molecule has 0 aliphatic heterocycles. The van der Waals surface area contributed by atoms with Crippen LogP contribution in [0, 0.1) is 13.8 Å². The van der Waals surface area contributed by atoms with Crippen molar-refractivity contribution in [3.63, 3.8) is 0 Å². The van der Waals surface area contributed by atoms with Gasteiger partial charge < -0.3 is 4.74 Å². The van der Waals surface area contributed by atoms with Gasteiger partial charge in [0.2, 0.25) is 0 Å². The van der Waals surface area contributed by atoms with Gasteiger partial charge >= 0.3 is 0 Å². The topological polar surface area (TPSA) is 9.23 Å². The zero-order valence-corrected chi connectivity index (χ0v) is 21.8. The minimum atomic E-state index is -2.01. The Morgan fingerprint density at radius 3 is 1.54 bits per heavy atom. The molecule has 5 aromatic rings. The van der Waals surface area contributed by atoms with E-state index >= 15 is 0 Å². The van der Waals surface area contributed by atoms with Crippen molar-refractivity contribution in [1.82, 2.24) is 0 Å². The Morgan fingerprint density at radius 1 is 0.600 bits per heavy atom. The average molecular weight is 476 g/mol. The van der Waals surface area contributed by atoms with Crippen molar-refractivity contribution in [2.45, 2.75) is 26.4 Å². The lowest BCUT2D eigenvalue weighted by Crippen LogP contribution is -2.34. The first-order valence-corrected chi connectivity index (χ1v) is 14.1. The molecule has 174 valence electrons. The molecular formula is C33H32OP+. The molecule has 0 bridgehead atoms. The summed E-state index contributed by atoms with van der Waals surface area (Å²) in [6.07, 6.45) is 0. The second-order valence-corrected chi connectivity index (χ2v) is 13.0. The fourth-order valence-electron chi connectivity index (χ4n) is 5.53. The van der Waals surface area contributed by atoms with Gasteiger partial charge in [-0.25, -0.2) is 0 Å². The Labute approximate surface area is 209 Å². The lowest BCUT2D eigenvalue weighted by Gasteiger charge is -2.33. The Balaban J connectivity index is 1.81. The molecule has 5 aromatic carbocycles. The SMILES string of the molecule is COc1cc(C)c2cc(C(C)[P+](c3ccccc3)(c3ccccc3)c3ccccc3)ccc2c1C. The highest BCUT2D eigenvalue weighted by atomic mass is 31.2. The van der Waals surface area contributed by atoms with E-state index < -0.39 is 7.26 Å². The van der Waals surface area contributed by atoms with E-state index in [-0.39, 0.29) is 0 Å². The second kappa shape index (κ2) is 9.68. The third kappa shape index (κ3) is 3.95. The molecule has 0 spiro atoms. The molecule has 0 saturated heterocycles. The number of rotatable bonds is 6. The van der Waals surface area contributed by atoms with Gasteiger partial charge in [-0.3, -0.25) is 0 Å². The van der Waals surface area contributed by atoms with Gasteiger partial charge in [0, 0.05) is 0 Å². The van der Waals surface area contributed by atoms with Crippen molar-refractivity contribution in [2.75, 3.05) is 7.11 Å². The fourth-order valence-corrected chi connectivity index (χ4v) is 10.3. The minimum absolute atomic E-state index is 0.293. The molecule has 0 amide bonds. The smallest absolute Gasteiger partial charge is 0.122 e. The van der Waals surface area contributed by atoms with Crippen LogP contribution in [0.3, 0.4) is 0 Å². The van der Waals surface area contributed by atoms with E-state index in [2.05, 4.69) is 136 Å². The van der Waals surface area contributed by atoms with Crippen LogP contribution in [0.4, 0.5) is 0 Å². The van der Waals surface area contributed by atoms with E-state index in [1.165, 1.54) is 43.4 Å². The summed E-state index contributed by atoms with van der Waals surface area (Å²) in [5, 5.41) is 6.80. The van der Waals surface area contributed by atoms with E-state index in [0.29, 0.717) is 5.66 Å². The molecule has 0 aliphatic carbocycles. The second-order valence-electron chi connectivity index (χ2n) is 9.23. The van der Waals surface area contributed by atoms with Gasteiger partial charge in [-0.2, -0.15) is 0 Å². The van der Waals surface area contributed by atoms with Gasteiger partial charge in [-0.15, -0.1) is 0 Å². The molecule has 5 rings (SSSR count). The van der Waals surface area contributed by atoms with Gasteiger partial charge in [0.1, 0.15) is 34.6 Å². The predicted molar refractivity (Wildman–Crippen MR) is 154 cm³/mol. The van der Waals surface area contributed by atoms with Crippen LogP contribution in [0.25, 0.3) is 10.8 Å². The third-order valence-electron chi connectivity index (χ3n) is 7.36.